The Morgan fingerprint density at radius 2 is 1.07 bits per heavy atom. The van der Waals surface area contributed by atoms with Crippen LogP contribution in [0, 0.1) is 0 Å². The summed E-state index contributed by atoms with van der Waals surface area (Å²) in [5.41, 5.74) is 0. The Morgan fingerprint density at radius 3 is 1.61 bits per heavy atom. The first-order valence-corrected chi connectivity index (χ1v) is 24.2. The highest BCUT2D eigenvalue weighted by atomic mass is 31.2. The second-order valence-electron chi connectivity index (χ2n) is 15.7. The summed E-state index contributed by atoms with van der Waals surface area (Å²) in [5, 5.41) is 59.6. The van der Waals surface area contributed by atoms with Crippen molar-refractivity contribution in [2.45, 2.75) is 204 Å². The fourth-order valence-electron chi connectivity index (χ4n) is 6.45. The Bertz CT molecular complexity index is 1320. The summed E-state index contributed by atoms with van der Waals surface area (Å²) in [6.07, 6.45) is 26.6. The Kier molecular flexibility index (Phi) is 33.3. The van der Waals surface area contributed by atoms with Crippen LogP contribution in [0.15, 0.2) is 60.8 Å². The van der Waals surface area contributed by atoms with Crippen LogP contribution in [0.25, 0.3) is 0 Å². The van der Waals surface area contributed by atoms with Gasteiger partial charge in [0.15, 0.2) is 6.10 Å². The average Bonchev–Trinajstić information content (AvgIpc) is 3.24. The molecule has 1 aliphatic rings. The highest BCUT2D eigenvalue weighted by Crippen LogP contribution is 2.47. The largest absolute Gasteiger partial charge is 0.472 e. The summed E-state index contributed by atoms with van der Waals surface area (Å²) in [6.45, 7) is 2.91. The Labute approximate surface area is 365 Å². The molecule has 1 rings (SSSR count). The molecule has 0 radical (unpaired) electrons. The number of phosphoric acid groups is 1. The molecule has 0 aromatic rings. The quantitative estimate of drug-likeness (QED) is 0.0106. The van der Waals surface area contributed by atoms with Gasteiger partial charge in [0.05, 0.1) is 12.7 Å². The van der Waals surface area contributed by atoms with E-state index >= 15 is 0 Å². The number of allylic oxidation sites excluding steroid dienone is 9. The van der Waals surface area contributed by atoms with Crippen molar-refractivity contribution < 1.29 is 68.2 Å². The van der Waals surface area contributed by atoms with E-state index in [2.05, 4.69) is 25.2 Å². The van der Waals surface area contributed by atoms with E-state index in [4.69, 9.17) is 18.5 Å². The zero-order chi connectivity index (χ0) is 45.1. The lowest BCUT2D eigenvalue weighted by molar-refractivity contribution is -0.220. The molecule has 1 aliphatic carbocycles. The maximum Gasteiger partial charge on any atom is 0.472 e. The van der Waals surface area contributed by atoms with Crippen LogP contribution in [0.2, 0.25) is 0 Å². The molecule has 61 heavy (non-hydrogen) atoms. The van der Waals surface area contributed by atoms with E-state index in [1.807, 2.05) is 43.4 Å². The van der Waals surface area contributed by atoms with Gasteiger partial charge in [0, 0.05) is 12.8 Å². The number of carbonyl (C=O) groups excluding carboxylic acids is 2. The van der Waals surface area contributed by atoms with Gasteiger partial charge in [-0.3, -0.25) is 18.6 Å². The maximum absolute atomic E-state index is 12.8. The molecule has 7 atom stereocenters. The second-order valence-corrected chi connectivity index (χ2v) is 17.1. The van der Waals surface area contributed by atoms with Gasteiger partial charge in [0.2, 0.25) is 0 Å². The molecule has 0 spiro atoms. The number of unbranched alkanes of at least 4 members (excludes halogenated alkanes) is 14. The molecule has 0 saturated heterocycles. The minimum absolute atomic E-state index is 0.00371. The molecule has 0 bridgehead atoms. The van der Waals surface area contributed by atoms with Crippen molar-refractivity contribution in [1.82, 2.24) is 0 Å². The van der Waals surface area contributed by atoms with Crippen molar-refractivity contribution in [2.24, 2.45) is 0 Å². The number of esters is 2. The highest BCUT2D eigenvalue weighted by Gasteiger charge is 2.51. The molecule has 0 aromatic carbocycles. The van der Waals surface area contributed by atoms with Gasteiger partial charge in [-0.1, -0.05) is 158 Å². The van der Waals surface area contributed by atoms with E-state index in [0.29, 0.717) is 25.7 Å². The summed E-state index contributed by atoms with van der Waals surface area (Å²) in [5.74, 6) is -1.19. The normalized spacial score (nSPS) is 23.1. The van der Waals surface area contributed by atoms with Crippen LogP contribution in [0.1, 0.15) is 155 Å². The lowest BCUT2D eigenvalue weighted by Gasteiger charge is -2.41. The highest BCUT2D eigenvalue weighted by molar-refractivity contribution is 7.47. The van der Waals surface area contributed by atoms with Crippen molar-refractivity contribution in [3.8, 4) is 0 Å². The summed E-state index contributed by atoms with van der Waals surface area (Å²) < 4.78 is 33.4. The van der Waals surface area contributed by atoms with Crippen molar-refractivity contribution in [3.63, 3.8) is 0 Å². The van der Waals surface area contributed by atoms with Gasteiger partial charge in [0.25, 0.3) is 0 Å². The molecule has 15 heteroatoms. The Morgan fingerprint density at radius 1 is 0.590 bits per heavy atom. The maximum atomic E-state index is 12.8. The number of aliphatic hydroxyl groups is 6. The molecule has 7 unspecified atom stereocenters. The van der Waals surface area contributed by atoms with E-state index in [-0.39, 0.29) is 12.8 Å². The van der Waals surface area contributed by atoms with Crippen LogP contribution in [0.5, 0.6) is 0 Å². The van der Waals surface area contributed by atoms with E-state index in [1.165, 1.54) is 64.2 Å². The van der Waals surface area contributed by atoms with Gasteiger partial charge in [-0.2, -0.15) is 0 Å². The smallest absolute Gasteiger partial charge is 0.462 e. The fraction of sp³-hybridized carbons (Fsp3) is 0.739. The van der Waals surface area contributed by atoms with Crippen molar-refractivity contribution >= 4 is 19.8 Å². The molecule has 0 heterocycles. The third kappa shape index (κ3) is 28.7. The zero-order valence-electron chi connectivity index (χ0n) is 36.8. The lowest BCUT2D eigenvalue weighted by Crippen LogP contribution is -2.64. The van der Waals surface area contributed by atoms with E-state index in [1.54, 1.807) is 6.08 Å². The number of ether oxygens (including phenoxy) is 2. The topological polar surface area (TPSA) is 230 Å². The van der Waals surface area contributed by atoms with Gasteiger partial charge < -0.3 is 45.0 Å². The monoisotopic (exact) mass is 887 g/mol. The molecular weight excluding hydrogens is 807 g/mol. The van der Waals surface area contributed by atoms with Crippen molar-refractivity contribution in [1.29, 1.82) is 0 Å². The molecule has 1 saturated carbocycles. The first kappa shape index (κ1) is 56.5. The standard InChI is InChI=1S/C46H79O14P/c1-3-5-6-7-8-9-10-11-15-18-21-24-27-30-33-39(48)57-35-38(36-58-61(55,56)60-46-44(53)42(51)41(50)43(52)45(46)54)59-40(49)34-31-28-25-22-19-16-13-12-14-17-20-23-26-29-32-37(47)4-2/h13-14,16-17,22-23,25-26,29,32,37-38,41-47,50-54H,3-12,15,18-21,24,27-28,30-31,33-36H2,1-2H3,(H,55,56). The number of hydrogen-bond donors (Lipinski definition) is 7. The summed E-state index contributed by atoms with van der Waals surface area (Å²) in [4.78, 5) is 35.6. The Hall–Kier alpha value is -2.49. The van der Waals surface area contributed by atoms with E-state index < -0.39 is 81.8 Å². The SMILES string of the molecule is CCCCCCCCCCCCCCCCC(=O)OCC(COP(=O)(O)OC1C(O)C(O)C(O)C(O)C1O)OC(=O)CCCC=CCC=CCC=CCC=CC=CC(O)CC. The number of phosphoric ester groups is 1. The van der Waals surface area contributed by atoms with Gasteiger partial charge >= 0.3 is 19.8 Å². The second kappa shape index (κ2) is 35.9. The number of aliphatic hydroxyl groups excluding tert-OH is 6. The molecule has 0 aliphatic heterocycles. The fourth-order valence-corrected chi connectivity index (χ4v) is 7.42. The van der Waals surface area contributed by atoms with Crippen LogP contribution < -0.4 is 0 Å². The molecule has 7 N–H and O–H groups in total. The van der Waals surface area contributed by atoms with Gasteiger partial charge in [-0.15, -0.1) is 0 Å². The molecule has 352 valence electrons. The minimum atomic E-state index is -5.14. The van der Waals surface area contributed by atoms with E-state index in [0.717, 1.165) is 38.5 Å². The summed E-state index contributed by atoms with van der Waals surface area (Å²) >= 11 is 0. The lowest BCUT2D eigenvalue weighted by atomic mass is 9.85. The molecule has 0 aromatic heterocycles. The predicted molar refractivity (Wildman–Crippen MR) is 236 cm³/mol. The van der Waals surface area contributed by atoms with Crippen LogP contribution >= 0.6 is 7.82 Å². The van der Waals surface area contributed by atoms with Crippen LogP contribution in [0.3, 0.4) is 0 Å². The van der Waals surface area contributed by atoms with Crippen molar-refractivity contribution in [3.05, 3.63) is 60.8 Å². The number of hydrogen-bond acceptors (Lipinski definition) is 13. The number of carbonyl (C=O) groups is 2. The van der Waals surface area contributed by atoms with Gasteiger partial charge in [-0.05, 0) is 44.9 Å². The third-order valence-corrected chi connectivity index (χ3v) is 11.3. The van der Waals surface area contributed by atoms with Crippen LogP contribution in [-0.4, -0.2) is 110 Å². The van der Waals surface area contributed by atoms with Crippen LogP contribution in [-0.2, 0) is 32.7 Å². The first-order valence-electron chi connectivity index (χ1n) is 22.7. The summed E-state index contributed by atoms with van der Waals surface area (Å²) in [6, 6.07) is 0. The third-order valence-electron chi connectivity index (χ3n) is 10.3. The van der Waals surface area contributed by atoms with Crippen molar-refractivity contribution in [2.75, 3.05) is 13.2 Å². The average molecular weight is 887 g/mol. The predicted octanol–water partition coefficient (Wildman–Crippen LogP) is 7.53. The number of rotatable bonds is 36. The molecule has 14 nitrogen and oxygen atoms in total. The zero-order valence-corrected chi connectivity index (χ0v) is 37.7. The molecular formula is C46H79O14P. The summed E-state index contributed by atoms with van der Waals surface area (Å²) in [7, 11) is -5.14. The first-order chi connectivity index (χ1) is 29.3. The van der Waals surface area contributed by atoms with Gasteiger partial charge in [0.1, 0.15) is 43.2 Å². The van der Waals surface area contributed by atoms with Crippen LogP contribution in [0.4, 0.5) is 0 Å². The molecule has 0 amide bonds. The van der Waals surface area contributed by atoms with Gasteiger partial charge in [-0.25, -0.2) is 4.57 Å². The minimum Gasteiger partial charge on any atom is -0.462 e. The Balaban J connectivity index is 2.52. The molecule has 1 fully saturated rings. The van der Waals surface area contributed by atoms with E-state index in [9.17, 15) is 49.7 Å².